The zero-order valence-corrected chi connectivity index (χ0v) is 10.6. The van der Waals surface area contributed by atoms with Crippen LogP contribution in [0.3, 0.4) is 0 Å². The zero-order valence-electron chi connectivity index (χ0n) is 10.6. The lowest BCUT2D eigenvalue weighted by Gasteiger charge is -2.05. The Kier molecular flexibility index (Phi) is 3.05. The molecule has 0 aromatic heterocycles. The zero-order chi connectivity index (χ0) is 11.8. The molecule has 1 heteroatoms. The summed E-state index contributed by atoms with van der Waals surface area (Å²) in [5.74, 6) is 1.09. The molecule has 0 unspecified atom stereocenters. The third-order valence-corrected chi connectivity index (χ3v) is 4.44. The second-order valence-electron chi connectivity index (χ2n) is 5.76. The SMILES string of the molecule is C/C1=C\[C@H]2[C@H](CC/C(C)=C/CC1)[C@]2(C)C=O. The summed E-state index contributed by atoms with van der Waals surface area (Å²) in [6.07, 6.45) is 10.5. The van der Waals surface area contributed by atoms with Gasteiger partial charge < -0.3 is 4.79 Å². The molecule has 2 aliphatic rings. The maximum absolute atomic E-state index is 11.2. The first-order chi connectivity index (χ1) is 7.58. The number of fused-ring (bicyclic) bond motifs is 1. The second-order valence-corrected chi connectivity index (χ2v) is 5.76. The molecule has 1 nitrogen and oxygen atoms in total. The smallest absolute Gasteiger partial charge is 0.126 e. The largest absolute Gasteiger partial charge is 0.303 e. The molecule has 2 rings (SSSR count). The van der Waals surface area contributed by atoms with Crippen LogP contribution in [0.5, 0.6) is 0 Å². The van der Waals surface area contributed by atoms with Crippen LogP contribution in [0.15, 0.2) is 23.3 Å². The van der Waals surface area contributed by atoms with E-state index in [9.17, 15) is 4.79 Å². The third-order valence-electron chi connectivity index (χ3n) is 4.44. The number of rotatable bonds is 1. The van der Waals surface area contributed by atoms with Gasteiger partial charge in [0.05, 0.1) is 0 Å². The van der Waals surface area contributed by atoms with Gasteiger partial charge in [-0.3, -0.25) is 0 Å². The van der Waals surface area contributed by atoms with Crippen LogP contribution in [0.25, 0.3) is 0 Å². The molecule has 0 spiro atoms. The number of carbonyl (C=O) groups excluding carboxylic acids is 1. The van der Waals surface area contributed by atoms with Crippen molar-refractivity contribution in [1.29, 1.82) is 0 Å². The van der Waals surface area contributed by atoms with Crippen molar-refractivity contribution in [3.63, 3.8) is 0 Å². The fourth-order valence-corrected chi connectivity index (χ4v) is 3.03. The summed E-state index contributed by atoms with van der Waals surface area (Å²) in [7, 11) is 0. The van der Waals surface area contributed by atoms with E-state index >= 15 is 0 Å². The molecule has 16 heavy (non-hydrogen) atoms. The lowest BCUT2D eigenvalue weighted by Crippen LogP contribution is -2.00. The van der Waals surface area contributed by atoms with Gasteiger partial charge in [0.2, 0.25) is 0 Å². The highest BCUT2D eigenvalue weighted by atomic mass is 16.1. The summed E-state index contributed by atoms with van der Waals surface area (Å²) in [6, 6.07) is 0. The Hall–Kier alpha value is -0.850. The van der Waals surface area contributed by atoms with E-state index < -0.39 is 0 Å². The van der Waals surface area contributed by atoms with Crippen LogP contribution in [0.1, 0.15) is 46.5 Å². The number of allylic oxidation sites excluding steroid dienone is 4. The van der Waals surface area contributed by atoms with E-state index in [1.807, 2.05) is 0 Å². The van der Waals surface area contributed by atoms with Gasteiger partial charge in [-0.05, 0) is 51.4 Å². The van der Waals surface area contributed by atoms with Crippen LogP contribution in [0.4, 0.5) is 0 Å². The molecule has 0 aliphatic heterocycles. The Morgan fingerprint density at radius 3 is 2.75 bits per heavy atom. The first-order valence-electron chi connectivity index (χ1n) is 6.37. The third kappa shape index (κ3) is 2.00. The summed E-state index contributed by atoms with van der Waals surface area (Å²) in [5.41, 5.74) is 2.88. The average Bonchev–Trinajstić information content (AvgIpc) is 2.81. The van der Waals surface area contributed by atoms with Crippen LogP contribution in [-0.4, -0.2) is 6.29 Å². The minimum absolute atomic E-state index is 0.0636. The fraction of sp³-hybridized carbons (Fsp3) is 0.667. The van der Waals surface area contributed by atoms with Crippen molar-refractivity contribution in [1.82, 2.24) is 0 Å². The van der Waals surface area contributed by atoms with Gasteiger partial charge in [0.1, 0.15) is 6.29 Å². The minimum atomic E-state index is -0.0636. The molecule has 0 aromatic carbocycles. The lowest BCUT2D eigenvalue weighted by atomic mass is 10.0. The maximum Gasteiger partial charge on any atom is 0.126 e. The van der Waals surface area contributed by atoms with Crippen molar-refractivity contribution < 1.29 is 4.79 Å². The van der Waals surface area contributed by atoms with E-state index in [2.05, 4.69) is 32.9 Å². The number of aldehydes is 1. The topological polar surface area (TPSA) is 17.1 Å². The van der Waals surface area contributed by atoms with E-state index in [0.29, 0.717) is 11.8 Å². The van der Waals surface area contributed by atoms with Gasteiger partial charge in [-0.15, -0.1) is 0 Å². The van der Waals surface area contributed by atoms with Crippen molar-refractivity contribution in [2.45, 2.75) is 46.5 Å². The Bertz CT molecular complexity index is 350. The van der Waals surface area contributed by atoms with Gasteiger partial charge in [-0.1, -0.05) is 30.2 Å². The molecule has 0 amide bonds. The highest BCUT2D eigenvalue weighted by Crippen LogP contribution is 2.60. The molecule has 0 N–H and O–H groups in total. The molecule has 0 heterocycles. The van der Waals surface area contributed by atoms with Crippen molar-refractivity contribution in [2.75, 3.05) is 0 Å². The quantitative estimate of drug-likeness (QED) is 0.482. The van der Waals surface area contributed by atoms with Gasteiger partial charge >= 0.3 is 0 Å². The summed E-state index contributed by atoms with van der Waals surface area (Å²) in [5, 5.41) is 0. The molecule has 0 aromatic rings. The average molecular weight is 218 g/mol. The Balaban J connectivity index is 2.18. The lowest BCUT2D eigenvalue weighted by molar-refractivity contribution is -0.112. The molecule has 0 radical (unpaired) electrons. The first-order valence-corrected chi connectivity index (χ1v) is 6.37. The Morgan fingerprint density at radius 1 is 1.31 bits per heavy atom. The van der Waals surface area contributed by atoms with Crippen LogP contribution in [-0.2, 0) is 4.79 Å². The molecule has 0 saturated heterocycles. The monoisotopic (exact) mass is 218 g/mol. The van der Waals surface area contributed by atoms with E-state index in [0.717, 1.165) is 19.3 Å². The van der Waals surface area contributed by atoms with Gasteiger partial charge in [0.15, 0.2) is 0 Å². The van der Waals surface area contributed by atoms with Crippen molar-refractivity contribution in [2.24, 2.45) is 17.3 Å². The van der Waals surface area contributed by atoms with Crippen molar-refractivity contribution >= 4 is 6.29 Å². The predicted octanol–water partition coefficient (Wildman–Crippen LogP) is 3.90. The Labute approximate surface area is 98.6 Å². The first kappa shape index (κ1) is 11.6. The fourth-order valence-electron chi connectivity index (χ4n) is 3.03. The molecule has 3 atom stereocenters. The van der Waals surface area contributed by atoms with E-state index in [1.54, 1.807) is 0 Å². The van der Waals surface area contributed by atoms with Gasteiger partial charge in [-0.25, -0.2) is 0 Å². The number of carbonyl (C=O) groups is 1. The Morgan fingerprint density at radius 2 is 2.06 bits per heavy atom. The second kappa shape index (κ2) is 4.20. The standard InChI is InChI=1S/C15H22O/c1-11-5-4-6-12(2)9-14-13(8-7-11)15(14,3)10-16/h5,9-10,13-14H,4,6-8H2,1-3H3/b11-5+,12-9+/t13-,14-,15-/m0/s1. The minimum Gasteiger partial charge on any atom is -0.303 e. The van der Waals surface area contributed by atoms with E-state index in [4.69, 9.17) is 0 Å². The summed E-state index contributed by atoms with van der Waals surface area (Å²) in [4.78, 5) is 11.2. The van der Waals surface area contributed by atoms with Crippen LogP contribution in [0, 0.1) is 17.3 Å². The molecular weight excluding hydrogens is 196 g/mol. The molecule has 2 aliphatic carbocycles. The highest BCUT2D eigenvalue weighted by Gasteiger charge is 2.59. The summed E-state index contributed by atoms with van der Waals surface area (Å²) < 4.78 is 0. The highest BCUT2D eigenvalue weighted by molar-refractivity contribution is 5.66. The molecular formula is C15H22O. The van der Waals surface area contributed by atoms with Crippen LogP contribution < -0.4 is 0 Å². The summed E-state index contributed by atoms with van der Waals surface area (Å²) >= 11 is 0. The van der Waals surface area contributed by atoms with Crippen LogP contribution >= 0.6 is 0 Å². The molecule has 88 valence electrons. The van der Waals surface area contributed by atoms with E-state index in [-0.39, 0.29) is 5.41 Å². The van der Waals surface area contributed by atoms with Crippen LogP contribution in [0.2, 0.25) is 0 Å². The summed E-state index contributed by atoms with van der Waals surface area (Å²) in [6.45, 7) is 6.54. The maximum atomic E-state index is 11.2. The molecule has 1 saturated carbocycles. The molecule has 0 bridgehead atoms. The normalized spacial score (nSPS) is 45.7. The van der Waals surface area contributed by atoms with Gasteiger partial charge in [0, 0.05) is 5.41 Å². The van der Waals surface area contributed by atoms with E-state index in [1.165, 1.54) is 23.9 Å². The van der Waals surface area contributed by atoms with Crippen molar-refractivity contribution in [3.8, 4) is 0 Å². The van der Waals surface area contributed by atoms with Gasteiger partial charge in [0.25, 0.3) is 0 Å². The number of hydrogen-bond donors (Lipinski definition) is 0. The van der Waals surface area contributed by atoms with Gasteiger partial charge in [-0.2, -0.15) is 0 Å². The van der Waals surface area contributed by atoms with Crippen molar-refractivity contribution in [3.05, 3.63) is 23.3 Å². The molecule has 1 fully saturated rings. The predicted molar refractivity (Wildman–Crippen MR) is 67.1 cm³/mol. The number of hydrogen-bond acceptors (Lipinski definition) is 1.